The number of ether oxygens (including phenoxy) is 2. The Morgan fingerprint density at radius 2 is 2.29 bits per heavy atom. The maximum absolute atomic E-state index is 12.3. The molecule has 0 aliphatic carbocycles. The number of carbonyl (C=O) groups excluding carboxylic acids is 1. The summed E-state index contributed by atoms with van der Waals surface area (Å²) in [4.78, 5) is 14.2. The lowest BCUT2D eigenvalue weighted by molar-refractivity contribution is -0.154. The highest BCUT2D eigenvalue weighted by molar-refractivity contribution is 5.79. The molecule has 0 aromatic carbocycles. The first-order chi connectivity index (χ1) is 8.22. The van der Waals surface area contributed by atoms with Crippen LogP contribution >= 0.6 is 0 Å². The van der Waals surface area contributed by atoms with E-state index in [0.29, 0.717) is 19.8 Å². The summed E-state index contributed by atoms with van der Waals surface area (Å²) in [5, 5.41) is 9.10. The molecule has 0 spiro atoms. The number of nitrogens with zero attached hydrogens (tertiary/aromatic N) is 1. The van der Waals surface area contributed by atoms with Gasteiger partial charge in [-0.1, -0.05) is 0 Å². The van der Waals surface area contributed by atoms with Crippen molar-refractivity contribution >= 4 is 5.91 Å². The predicted molar refractivity (Wildman–Crippen MR) is 61.5 cm³/mol. The number of hydrogen-bond acceptors (Lipinski definition) is 4. The molecule has 2 fully saturated rings. The summed E-state index contributed by atoms with van der Waals surface area (Å²) >= 11 is 0. The molecule has 0 bridgehead atoms. The first kappa shape index (κ1) is 12.8. The summed E-state index contributed by atoms with van der Waals surface area (Å²) in [5.74, 6) is 0.141. The Morgan fingerprint density at radius 3 is 2.94 bits per heavy atom. The van der Waals surface area contributed by atoms with E-state index in [1.807, 2.05) is 11.8 Å². The van der Waals surface area contributed by atoms with Crippen molar-refractivity contribution in [3.63, 3.8) is 0 Å². The van der Waals surface area contributed by atoms with E-state index in [9.17, 15) is 4.79 Å². The van der Waals surface area contributed by atoms with Gasteiger partial charge in [0.25, 0.3) is 0 Å². The Labute approximate surface area is 102 Å². The third kappa shape index (κ3) is 2.97. The highest BCUT2D eigenvalue weighted by Crippen LogP contribution is 2.20. The highest BCUT2D eigenvalue weighted by Gasteiger charge is 2.33. The number of rotatable bonds is 2. The van der Waals surface area contributed by atoms with Gasteiger partial charge in [0.1, 0.15) is 0 Å². The van der Waals surface area contributed by atoms with Gasteiger partial charge in [0, 0.05) is 13.2 Å². The topological polar surface area (TPSA) is 59.0 Å². The number of morpholine rings is 1. The molecule has 17 heavy (non-hydrogen) atoms. The van der Waals surface area contributed by atoms with Crippen LogP contribution in [0.15, 0.2) is 0 Å². The van der Waals surface area contributed by atoms with Crippen molar-refractivity contribution in [3.8, 4) is 0 Å². The first-order valence-electron chi connectivity index (χ1n) is 6.33. The van der Waals surface area contributed by atoms with Crippen molar-refractivity contribution in [1.82, 2.24) is 4.90 Å². The SMILES string of the molecule is CC1COC(CO)CN1C(=O)C1CCCOC1. The summed E-state index contributed by atoms with van der Waals surface area (Å²) in [6.45, 7) is 4.25. The number of amides is 1. The fraction of sp³-hybridized carbons (Fsp3) is 0.917. The van der Waals surface area contributed by atoms with Crippen molar-refractivity contribution in [3.05, 3.63) is 0 Å². The summed E-state index contributed by atoms with van der Waals surface area (Å²) in [7, 11) is 0. The van der Waals surface area contributed by atoms with Gasteiger partial charge in [-0.05, 0) is 19.8 Å². The summed E-state index contributed by atoms with van der Waals surface area (Å²) in [5.41, 5.74) is 0. The van der Waals surface area contributed by atoms with Gasteiger partial charge < -0.3 is 19.5 Å². The second kappa shape index (κ2) is 5.80. The average molecular weight is 243 g/mol. The van der Waals surface area contributed by atoms with Gasteiger partial charge in [0.2, 0.25) is 5.91 Å². The molecule has 1 amide bonds. The minimum Gasteiger partial charge on any atom is -0.394 e. The maximum atomic E-state index is 12.3. The van der Waals surface area contributed by atoms with Crippen molar-refractivity contribution in [2.24, 2.45) is 5.92 Å². The second-order valence-corrected chi connectivity index (χ2v) is 4.89. The number of aliphatic hydroxyl groups excluding tert-OH is 1. The average Bonchev–Trinajstić information content (AvgIpc) is 2.39. The normalized spacial score (nSPS) is 34.7. The van der Waals surface area contributed by atoms with Crippen LogP contribution in [0.3, 0.4) is 0 Å². The van der Waals surface area contributed by atoms with Crippen LogP contribution in [-0.2, 0) is 14.3 Å². The Bertz CT molecular complexity index is 265. The maximum Gasteiger partial charge on any atom is 0.228 e. The fourth-order valence-electron chi connectivity index (χ4n) is 2.40. The molecule has 3 unspecified atom stereocenters. The molecule has 5 nitrogen and oxygen atoms in total. The van der Waals surface area contributed by atoms with Crippen LogP contribution in [0.25, 0.3) is 0 Å². The minimum absolute atomic E-state index is 0.0105. The molecule has 1 N–H and O–H groups in total. The van der Waals surface area contributed by atoms with Crippen molar-refractivity contribution in [2.75, 3.05) is 33.0 Å². The highest BCUT2D eigenvalue weighted by atomic mass is 16.5. The zero-order valence-corrected chi connectivity index (χ0v) is 10.3. The lowest BCUT2D eigenvalue weighted by atomic mass is 9.99. The summed E-state index contributed by atoms with van der Waals surface area (Å²) in [6, 6.07) is 0.0900. The third-order valence-electron chi connectivity index (χ3n) is 3.50. The molecule has 0 radical (unpaired) electrons. The molecule has 2 aliphatic heterocycles. The zero-order valence-electron chi connectivity index (χ0n) is 10.3. The van der Waals surface area contributed by atoms with Gasteiger partial charge in [-0.25, -0.2) is 0 Å². The number of hydrogen-bond donors (Lipinski definition) is 1. The molecule has 0 saturated carbocycles. The van der Waals surface area contributed by atoms with Crippen LogP contribution in [0.2, 0.25) is 0 Å². The Hall–Kier alpha value is -0.650. The molecule has 98 valence electrons. The van der Waals surface area contributed by atoms with E-state index in [4.69, 9.17) is 14.6 Å². The van der Waals surface area contributed by atoms with Crippen molar-refractivity contribution < 1.29 is 19.4 Å². The Kier molecular flexibility index (Phi) is 4.36. The van der Waals surface area contributed by atoms with E-state index in [1.165, 1.54) is 0 Å². The number of aliphatic hydroxyl groups is 1. The van der Waals surface area contributed by atoms with Crippen LogP contribution < -0.4 is 0 Å². The lowest BCUT2D eigenvalue weighted by Crippen LogP contribution is -2.54. The largest absolute Gasteiger partial charge is 0.394 e. The van der Waals surface area contributed by atoms with Gasteiger partial charge in [-0.3, -0.25) is 4.79 Å². The van der Waals surface area contributed by atoms with E-state index in [1.54, 1.807) is 0 Å². The smallest absolute Gasteiger partial charge is 0.228 e. The van der Waals surface area contributed by atoms with E-state index < -0.39 is 0 Å². The Morgan fingerprint density at radius 1 is 1.47 bits per heavy atom. The molecular weight excluding hydrogens is 222 g/mol. The van der Waals surface area contributed by atoms with Crippen LogP contribution in [0.5, 0.6) is 0 Å². The van der Waals surface area contributed by atoms with Crippen LogP contribution in [0, 0.1) is 5.92 Å². The third-order valence-corrected chi connectivity index (χ3v) is 3.50. The molecule has 2 heterocycles. The van der Waals surface area contributed by atoms with E-state index in [2.05, 4.69) is 0 Å². The quantitative estimate of drug-likeness (QED) is 0.743. The predicted octanol–water partition coefficient (Wildman–Crippen LogP) is 0.0212. The molecule has 3 atom stereocenters. The van der Waals surface area contributed by atoms with Crippen LogP contribution in [0.4, 0.5) is 0 Å². The van der Waals surface area contributed by atoms with E-state index >= 15 is 0 Å². The molecule has 5 heteroatoms. The standard InChI is InChI=1S/C12H21NO4/c1-9-7-17-11(6-14)5-13(9)12(15)10-3-2-4-16-8-10/h9-11,14H,2-8H2,1H3. The van der Waals surface area contributed by atoms with Crippen LogP contribution in [0.1, 0.15) is 19.8 Å². The zero-order chi connectivity index (χ0) is 12.3. The van der Waals surface area contributed by atoms with Gasteiger partial charge >= 0.3 is 0 Å². The van der Waals surface area contributed by atoms with Gasteiger partial charge in [-0.15, -0.1) is 0 Å². The molecular formula is C12H21NO4. The summed E-state index contributed by atoms with van der Waals surface area (Å²) < 4.78 is 10.8. The van der Waals surface area contributed by atoms with Crippen LogP contribution in [-0.4, -0.2) is 61.0 Å². The van der Waals surface area contributed by atoms with E-state index in [-0.39, 0.29) is 30.6 Å². The molecule has 2 rings (SSSR count). The lowest BCUT2D eigenvalue weighted by Gasteiger charge is -2.39. The van der Waals surface area contributed by atoms with Gasteiger partial charge in [0.15, 0.2) is 0 Å². The van der Waals surface area contributed by atoms with Gasteiger partial charge in [-0.2, -0.15) is 0 Å². The molecule has 0 aromatic rings. The molecule has 0 aromatic heterocycles. The number of carbonyl (C=O) groups is 1. The van der Waals surface area contributed by atoms with Crippen molar-refractivity contribution in [1.29, 1.82) is 0 Å². The molecule has 2 saturated heterocycles. The van der Waals surface area contributed by atoms with Gasteiger partial charge in [0.05, 0.1) is 37.9 Å². The van der Waals surface area contributed by atoms with E-state index in [0.717, 1.165) is 19.4 Å². The van der Waals surface area contributed by atoms with Crippen molar-refractivity contribution in [2.45, 2.75) is 31.9 Å². The fourth-order valence-corrected chi connectivity index (χ4v) is 2.40. The second-order valence-electron chi connectivity index (χ2n) is 4.89. The first-order valence-corrected chi connectivity index (χ1v) is 6.33. The summed E-state index contributed by atoms with van der Waals surface area (Å²) in [6.07, 6.45) is 1.63. The minimum atomic E-state index is -0.236. The monoisotopic (exact) mass is 243 g/mol. The molecule has 2 aliphatic rings. The Balaban J connectivity index is 1.95.